The molecule has 0 aromatic heterocycles. The molecule has 2 fully saturated rings. The van der Waals surface area contributed by atoms with Crippen molar-refractivity contribution < 1.29 is 14.6 Å². The Bertz CT molecular complexity index is 1130. The summed E-state index contributed by atoms with van der Waals surface area (Å²) in [5.41, 5.74) is 4.26. The molecule has 2 unspecified atom stereocenters. The number of aromatic carboxylic acids is 1. The van der Waals surface area contributed by atoms with Crippen LogP contribution in [0.25, 0.3) is 21.9 Å². The molecule has 2 atom stereocenters. The number of benzene rings is 3. The van der Waals surface area contributed by atoms with Crippen molar-refractivity contribution in [1.29, 1.82) is 0 Å². The fraction of sp³-hybridized carbons (Fsp3) is 0.393. The molecule has 2 bridgehead atoms. The summed E-state index contributed by atoms with van der Waals surface area (Å²) >= 11 is 0. The van der Waals surface area contributed by atoms with E-state index in [0.29, 0.717) is 5.56 Å². The number of carbonyl (C=O) groups is 1. The summed E-state index contributed by atoms with van der Waals surface area (Å²) in [6, 6.07) is 18.3. The third-order valence-corrected chi connectivity index (χ3v) is 7.88. The van der Waals surface area contributed by atoms with Gasteiger partial charge in [0.2, 0.25) is 0 Å². The third kappa shape index (κ3) is 3.50. The van der Waals surface area contributed by atoms with Crippen molar-refractivity contribution in [2.75, 3.05) is 7.11 Å². The van der Waals surface area contributed by atoms with Gasteiger partial charge in [-0.1, -0.05) is 44.0 Å². The smallest absolute Gasteiger partial charge is 0.335 e. The predicted molar refractivity (Wildman–Crippen MR) is 125 cm³/mol. The summed E-state index contributed by atoms with van der Waals surface area (Å²) in [5.74, 6) is 1.84. The summed E-state index contributed by atoms with van der Waals surface area (Å²) < 4.78 is 5.86. The van der Waals surface area contributed by atoms with Crippen LogP contribution in [0.1, 0.15) is 61.4 Å². The van der Waals surface area contributed by atoms with E-state index in [4.69, 9.17) is 4.74 Å². The lowest BCUT2D eigenvalue weighted by atomic mass is 9.63. The Morgan fingerprint density at radius 3 is 2.29 bits per heavy atom. The molecule has 160 valence electrons. The summed E-state index contributed by atoms with van der Waals surface area (Å²) in [7, 11) is 1.79. The molecule has 0 saturated heterocycles. The average molecular weight is 415 g/mol. The number of fused-ring (bicyclic) bond motifs is 3. The molecule has 0 radical (unpaired) electrons. The van der Waals surface area contributed by atoms with Gasteiger partial charge < -0.3 is 9.84 Å². The molecule has 31 heavy (non-hydrogen) atoms. The van der Waals surface area contributed by atoms with Crippen molar-refractivity contribution in [2.24, 2.45) is 11.8 Å². The SMILES string of the molecule is CCC1(c2cc(-c3ccc4cc(C(=O)O)ccc4c3)ccc2OC)CC2CCC(C2)C1. The standard InChI is InChI=1S/C28H30O3/c1-3-28(16-18-4-5-19(12-18)17-28)25-15-23(10-11-26(25)31-2)21-6-7-22-14-24(27(29)30)9-8-20(22)13-21/h6-11,13-15,18-19H,3-5,12,16-17H2,1-2H3,(H,29,30). The average Bonchev–Trinajstić information content (AvgIpc) is 3.15. The molecule has 5 rings (SSSR count). The van der Waals surface area contributed by atoms with Gasteiger partial charge in [0.25, 0.3) is 0 Å². The molecular weight excluding hydrogens is 384 g/mol. The van der Waals surface area contributed by atoms with Gasteiger partial charge in [-0.3, -0.25) is 0 Å². The second kappa shape index (κ2) is 7.71. The van der Waals surface area contributed by atoms with E-state index in [9.17, 15) is 9.90 Å². The number of carboxylic acid groups (broad SMARTS) is 1. The van der Waals surface area contributed by atoms with Gasteiger partial charge in [-0.15, -0.1) is 0 Å². The molecule has 0 spiro atoms. The highest BCUT2D eigenvalue weighted by Crippen LogP contribution is 2.55. The minimum atomic E-state index is -0.892. The highest BCUT2D eigenvalue weighted by Gasteiger charge is 2.45. The molecule has 2 aliphatic carbocycles. The first kappa shape index (κ1) is 20.1. The molecule has 0 amide bonds. The zero-order chi connectivity index (χ0) is 21.6. The van der Waals surface area contributed by atoms with Gasteiger partial charge in [-0.05, 0) is 95.2 Å². The van der Waals surface area contributed by atoms with Gasteiger partial charge in [0.05, 0.1) is 12.7 Å². The zero-order valence-electron chi connectivity index (χ0n) is 18.4. The second-order valence-corrected chi connectivity index (χ2v) is 9.58. The van der Waals surface area contributed by atoms with Gasteiger partial charge in [-0.25, -0.2) is 4.79 Å². The maximum atomic E-state index is 11.3. The fourth-order valence-electron chi connectivity index (χ4n) is 6.30. The summed E-state index contributed by atoms with van der Waals surface area (Å²) in [5, 5.41) is 11.3. The summed E-state index contributed by atoms with van der Waals surface area (Å²) in [4.78, 5) is 11.3. The Hall–Kier alpha value is -2.81. The van der Waals surface area contributed by atoms with Crippen LogP contribution in [-0.2, 0) is 5.41 Å². The van der Waals surface area contributed by atoms with Crippen molar-refractivity contribution >= 4 is 16.7 Å². The Morgan fingerprint density at radius 2 is 1.61 bits per heavy atom. The van der Waals surface area contributed by atoms with Crippen LogP contribution in [-0.4, -0.2) is 18.2 Å². The summed E-state index contributed by atoms with van der Waals surface area (Å²) in [6.07, 6.45) is 7.88. The van der Waals surface area contributed by atoms with Gasteiger partial charge in [0.15, 0.2) is 0 Å². The summed E-state index contributed by atoms with van der Waals surface area (Å²) in [6.45, 7) is 2.34. The number of rotatable bonds is 5. The van der Waals surface area contributed by atoms with Gasteiger partial charge >= 0.3 is 5.97 Å². The molecule has 3 aromatic carbocycles. The predicted octanol–water partition coefficient (Wildman–Crippen LogP) is 7.07. The Balaban J connectivity index is 1.58. The van der Waals surface area contributed by atoms with Crippen LogP contribution in [0.3, 0.4) is 0 Å². The van der Waals surface area contributed by atoms with Crippen LogP contribution >= 0.6 is 0 Å². The van der Waals surface area contributed by atoms with Crippen LogP contribution in [0, 0.1) is 11.8 Å². The molecule has 3 aromatic rings. The molecule has 3 nitrogen and oxygen atoms in total. The highest BCUT2D eigenvalue weighted by molar-refractivity contribution is 5.95. The topological polar surface area (TPSA) is 46.5 Å². The largest absolute Gasteiger partial charge is 0.496 e. The van der Waals surface area contributed by atoms with E-state index in [1.807, 2.05) is 12.1 Å². The van der Waals surface area contributed by atoms with Gasteiger partial charge in [-0.2, -0.15) is 0 Å². The zero-order valence-corrected chi connectivity index (χ0v) is 18.4. The lowest BCUT2D eigenvalue weighted by Gasteiger charge is -2.41. The molecule has 0 heterocycles. The number of ether oxygens (including phenoxy) is 1. The minimum absolute atomic E-state index is 0.207. The van der Waals surface area contributed by atoms with Gasteiger partial charge in [0.1, 0.15) is 5.75 Å². The molecule has 3 heteroatoms. The number of carboxylic acids is 1. The normalized spacial score (nSPS) is 25.0. The Kier molecular flexibility index (Phi) is 5.00. The van der Waals surface area contributed by atoms with Crippen LogP contribution in [0.2, 0.25) is 0 Å². The maximum absolute atomic E-state index is 11.3. The molecule has 2 aliphatic rings. The molecule has 2 saturated carbocycles. The minimum Gasteiger partial charge on any atom is -0.496 e. The van der Waals surface area contributed by atoms with E-state index in [-0.39, 0.29) is 5.41 Å². The van der Waals surface area contributed by atoms with Crippen molar-refractivity contribution in [2.45, 2.75) is 50.9 Å². The quantitative estimate of drug-likeness (QED) is 0.485. The number of hydrogen-bond donors (Lipinski definition) is 1. The third-order valence-electron chi connectivity index (χ3n) is 7.88. The van der Waals surface area contributed by atoms with Crippen molar-refractivity contribution in [3.8, 4) is 16.9 Å². The maximum Gasteiger partial charge on any atom is 0.335 e. The van der Waals surface area contributed by atoms with Crippen molar-refractivity contribution in [3.63, 3.8) is 0 Å². The second-order valence-electron chi connectivity index (χ2n) is 9.58. The van der Waals surface area contributed by atoms with Crippen LogP contribution in [0.15, 0.2) is 54.6 Å². The number of hydrogen-bond acceptors (Lipinski definition) is 2. The first-order valence-corrected chi connectivity index (χ1v) is 11.5. The fourth-order valence-corrected chi connectivity index (χ4v) is 6.30. The Morgan fingerprint density at radius 1 is 0.968 bits per heavy atom. The first-order valence-electron chi connectivity index (χ1n) is 11.5. The van der Waals surface area contributed by atoms with Crippen LogP contribution < -0.4 is 4.74 Å². The van der Waals surface area contributed by atoms with Gasteiger partial charge in [0, 0.05) is 5.56 Å². The van der Waals surface area contributed by atoms with Crippen molar-refractivity contribution in [3.05, 3.63) is 65.7 Å². The molecule has 0 aliphatic heterocycles. The van der Waals surface area contributed by atoms with E-state index in [1.54, 1.807) is 19.2 Å². The van der Waals surface area contributed by atoms with Crippen molar-refractivity contribution in [1.82, 2.24) is 0 Å². The Labute approximate surface area is 184 Å². The molecule has 1 N–H and O–H groups in total. The monoisotopic (exact) mass is 414 g/mol. The highest BCUT2D eigenvalue weighted by atomic mass is 16.5. The lowest BCUT2D eigenvalue weighted by Crippen LogP contribution is -2.33. The van der Waals surface area contributed by atoms with Crippen LogP contribution in [0.5, 0.6) is 5.75 Å². The first-order chi connectivity index (χ1) is 15.0. The van der Waals surface area contributed by atoms with E-state index in [0.717, 1.165) is 40.3 Å². The van der Waals surface area contributed by atoms with E-state index >= 15 is 0 Å². The lowest BCUT2D eigenvalue weighted by molar-refractivity contribution is 0.0697. The van der Waals surface area contributed by atoms with E-state index in [1.165, 1.54) is 43.2 Å². The number of methoxy groups -OCH3 is 1. The van der Waals surface area contributed by atoms with Crippen LogP contribution in [0.4, 0.5) is 0 Å². The van der Waals surface area contributed by atoms with E-state index < -0.39 is 5.97 Å². The molecular formula is C28H30O3. The van der Waals surface area contributed by atoms with E-state index in [2.05, 4.69) is 37.3 Å².